The van der Waals surface area contributed by atoms with Crippen LogP contribution in [0, 0.1) is 5.92 Å². The van der Waals surface area contributed by atoms with E-state index in [0.717, 1.165) is 12.2 Å². The number of para-hydroxylation sites is 1. The van der Waals surface area contributed by atoms with E-state index in [1.165, 1.54) is 5.56 Å². The van der Waals surface area contributed by atoms with E-state index in [-0.39, 0.29) is 11.8 Å². The highest BCUT2D eigenvalue weighted by molar-refractivity contribution is 9.10. The molecule has 0 aliphatic carbocycles. The Morgan fingerprint density at radius 1 is 1.35 bits per heavy atom. The molecular formula is C20H22BrNO4. The van der Waals surface area contributed by atoms with Crippen molar-refractivity contribution in [2.45, 2.75) is 13.3 Å². The number of carbonyl (C=O) groups is 1. The van der Waals surface area contributed by atoms with Crippen LogP contribution in [-0.4, -0.2) is 32.8 Å². The number of nitrogens with one attached hydrogen (secondary N) is 1. The van der Waals surface area contributed by atoms with Gasteiger partial charge < -0.3 is 19.5 Å². The number of amides is 1. The second-order valence-corrected chi connectivity index (χ2v) is 6.98. The van der Waals surface area contributed by atoms with Crippen molar-refractivity contribution in [2.75, 3.05) is 26.9 Å². The van der Waals surface area contributed by atoms with E-state index in [1.807, 2.05) is 25.1 Å². The van der Waals surface area contributed by atoms with Gasteiger partial charge in [0.15, 0.2) is 11.5 Å². The molecule has 2 aromatic rings. The van der Waals surface area contributed by atoms with Crippen molar-refractivity contribution >= 4 is 21.8 Å². The van der Waals surface area contributed by atoms with Crippen molar-refractivity contribution in [3.63, 3.8) is 0 Å². The van der Waals surface area contributed by atoms with Gasteiger partial charge in [0, 0.05) is 18.0 Å². The van der Waals surface area contributed by atoms with Crippen molar-refractivity contribution in [2.24, 2.45) is 5.92 Å². The molecule has 5 nitrogen and oxygen atoms in total. The number of rotatable bonds is 6. The van der Waals surface area contributed by atoms with Gasteiger partial charge in [-0.1, -0.05) is 18.2 Å². The number of hydrogen-bond donors (Lipinski definition) is 1. The zero-order chi connectivity index (χ0) is 18.5. The second-order valence-electron chi connectivity index (χ2n) is 6.12. The number of carbonyl (C=O) groups excluding carboxylic acids is 1. The Kier molecular flexibility index (Phi) is 6.04. The molecule has 1 atom stereocenters. The summed E-state index contributed by atoms with van der Waals surface area (Å²) in [5.74, 6) is 2.17. The summed E-state index contributed by atoms with van der Waals surface area (Å²) in [5, 5.41) is 2.99. The first-order chi connectivity index (χ1) is 12.6. The topological polar surface area (TPSA) is 56.8 Å². The summed E-state index contributed by atoms with van der Waals surface area (Å²) in [4.78, 5) is 12.6. The minimum absolute atomic E-state index is 0.147. The lowest BCUT2D eigenvalue weighted by Crippen LogP contribution is -2.34. The fourth-order valence-electron chi connectivity index (χ4n) is 3.00. The molecule has 1 N–H and O–H groups in total. The monoisotopic (exact) mass is 419 g/mol. The number of hydrogen-bond acceptors (Lipinski definition) is 4. The highest BCUT2D eigenvalue weighted by Crippen LogP contribution is 2.36. The van der Waals surface area contributed by atoms with Crippen LogP contribution in [0.5, 0.6) is 17.2 Å². The summed E-state index contributed by atoms with van der Waals surface area (Å²) < 4.78 is 17.4. The highest BCUT2D eigenvalue weighted by atomic mass is 79.9. The van der Waals surface area contributed by atoms with Crippen LogP contribution >= 0.6 is 15.9 Å². The standard InChI is InChI=1S/C20H22BrNO4/c1-3-25-19-16(21)9-15(10-18(19)24-2)20(23)22-11-13-8-14-6-4-5-7-17(14)26-12-13/h4-7,9-10,13H,3,8,11-12H2,1-2H3,(H,22,23)/t13-/m0/s1. The maximum Gasteiger partial charge on any atom is 0.251 e. The van der Waals surface area contributed by atoms with Crippen LogP contribution in [0.3, 0.4) is 0 Å². The molecule has 0 aromatic heterocycles. The molecule has 6 heteroatoms. The van der Waals surface area contributed by atoms with Crippen molar-refractivity contribution in [1.29, 1.82) is 0 Å². The molecule has 1 aliphatic rings. The Morgan fingerprint density at radius 3 is 2.92 bits per heavy atom. The zero-order valence-corrected chi connectivity index (χ0v) is 16.5. The number of halogens is 1. The van der Waals surface area contributed by atoms with Gasteiger partial charge in [0.1, 0.15) is 5.75 Å². The van der Waals surface area contributed by atoms with Crippen molar-refractivity contribution < 1.29 is 19.0 Å². The van der Waals surface area contributed by atoms with E-state index in [9.17, 15) is 4.79 Å². The Morgan fingerprint density at radius 2 is 2.15 bits per heavy atom. The van der Waals surface area contributed by atoms with E-state index in [2.05, 4.69) is 27.3 Å². The lowest BCUT2D eigenvalue weighted by Gasteiger charge is -2.25. The number of ether oxygens (including phenoxy) is 3. The van der Waals surface area contributed by atoms with E-state index in [1.54, 1.807) is 19.2 Å². The molecule has 26 heavy (non-hydrogen) atoms. The molecule has 0 radical (unpaired) electrons. The smallest absolute Gasteiger partial charge is 0.251 e. The quantitative estimate of drug-likeness (QED) is 0.772. The molecule has 138 valence electrons. The first-order valence-corrected chi connectivity index (χ1v) is 9.41. The van der Waals surface area contributed by atoms with Crippen LogP contribution in [-0.2, 0) is 6.42 Å². The van der Waals surface area contributed by atoms with Gasteiger partial charge in [-0.25, -0.2) is 0 Å². The largest absolute Gasteiger partial charge is 0.493 e. The molecular weight excluding hydrogens is 398 g/mol. The SMILES string of the molecule is CCOc1c(Br)cc(C(=O)NC[C@H]2COc3ccccc3C2)cc1OC. The van der Waals surface area contributed by atoms with E-state index < -0.39 is 0 Å². The van der Waals surface area contributed by atoms with Crippen LogP contribution in [0.25, 0.3) is 0 Å². The minimum atomic E-state index is -0.147. The third-order valence-electron chi connectivity index (χ3n) is 4.29. The van der Waals surface area contributed by atoms with Crippen molar-refractivity contribution in [3.05, 3.63) is 52.0 Å². The molecule has 2 aromatic carbocycles. The number of methoxy groups -OCH3 is 1. The average Bonchev–Trinajstić information content (AvgIpc) is 2.67. The minimum Gasteiger partial charge on any atom is -0.493 e. The van der Waals surface area contributed by atoms with E-state index in [0.29, 0.717) is 41.3 Å². The van der Waals surface area contributed by atoms with Gasteiger partial charge in [-0.2, -0.15) is 0 Å². The predicted octanol–water partition coefficient (Wildman–Crippen LogP) is 3.84. The van der Waals surface area contributed by atoms with Crippen LogP contribution in [0.2, 0.25) is 0 Å². The Balaban J connectivity index is 1.65. The molecule has 0 saturated heterocycles. The van der Waals surface area contributed by atoms with Crippen molar-refractivity contribution in [1.82, 2.24) is 5.32 Å². The lowest BCUT2D eigenvalue weighted by atomic mass is 9.96. The molecule has 0 unspecified atom stereocenters. The third-order valence-corrected chi connectivity index (χ3v) is 4.88. The first-order valence-electron chi connectivity index (χ1n) is 8.61. The molecule has 0 saturated carbocycles. The predicted molar refractivity (Wildman–Crippen MR) is 103 cm³/mol. The molecule has 1 heterocycles. The maximum absolute atomic E-state index is 12.6. The maximum atomic E-state index is 12.6. The Hall–Kier alpha value is -2.21. The van der Waals surface area contributed by atoms with Gasteiger partial charge in [-0.3, -0.25) is 4.79 Å². The normalized spacial score (nSPS) is 15.6. The van der Waals surface area contributed by atoms with Crippen molar-refractivity contribution in [3.8, 4) is 17.2 Å². The first kappa shape index (κ1) is 18.6. The second kappa shape index (κ2) is 8.45. The van der Waals surface area contributed by atoms with Crippen LogP contribution in [0.15, 0.2) is 40.9 Å². The summed E-state index contributed by atoms with van der Waals surface area (Å²) in [6.07, 6.45) is 0.896. The average molecular weight is 420 g/mol. The Labute approximate surface area is 161 Å². The number of benzene rings is 2. The fraction of sp³-hybridized carbons (Fsp3) is 0.350. The van der Waals surface area contributed by atoms with E-state index in [4.69, 9.17) is 14.2 Å². The van der Waals surface area contributed by atoms with Crippen LogP contribution in [0.4, 0.5) is 0 Å². The molecule has 1 amide bonds. The van der Waals surface area contributed by atoms with Gasteiger partial charge in [-0.15, -0.1) is 0 Å². The van der Waals surface area contributed by atoms with Gasteiger partial charge in [0.05, 0.1) is 24.8 Å². The van der Waals surface area contributed by atoms with Gasteiger partial charge in [0.2, 0.25) is 0 Å². The van der Waals surface area contributed by atoms with Gasteiger partial charge >= 0.3 is 0 Å². The summed E-state index contributed by atoms with van der Waals surface area (Å²) in [6, 6.07) is 11.5. The molecule has 1 aliphatic heterocycles. The third kappa shape index (κ3) is 4.12. The molecule has 0 spiro atoms. The summed E-state index contributed by atoms with van der Waals surface area (Å²) >= 11 is 3.45. The molecule has 0 bridgehead atoms. The molecule has 0 fully saturated rings. The van der Waals surface area contributed by atoms with Gasteiger partial charge in [-0.05, 0) is 53.0 Å². The number of fused-ring (bicyclic) bond motifs is 1. The summed E-state index contributed by atoms with van der Waals surface area (Å²) in [6.45, 7) is 3.58. The lowest BCUT2D eigenvalue weighted by molar-refractivity contribution is 0.0938. The summed E-state index contributed by atoms with van der Waals surface area (Å²) in [7, 11) is 1.56. The van der Waals surface area contributed by atoms with Gasteiger partial charge in [0.25, 0.3) is 5.91 Å². The molecule has 3 rings (SSSR count). The zero-order valence-electron chi connectivity index (χ0n) is 14.9. The Bertz CT molecular complexity index is 793. The fourth-order valence-corrected chi connectivity index (χ4v) is 3.55. The van der Waals surface area contributed by atoms with Crippen LogP contribution < -0.4 is 19.5 Å². The summed E-state index contributed by atoms with van der Waals surface area (Å²) in [5.41, 5.74) is 1.71. The highest BCUT2D eigenvalue weighted by Gasteiger charge is 2.21. The van der Waals surface area contributed by atoms with Crippen LogP contribution in [0.1, 0.15) is 22.8 Å². The van der Waals surface area contributed by atoms with E-state index >= 15 is 0 Å².